The second-order valence-corrected chi connectivity index (χ2v) is 7.10. The molecule has 0 amide bonds. The van der Waals surface area contributed by atoms with Gasteiger partial charge in [-0.3, -0.25) is 9.89 Å². The number of halogens is 3. The molecule has 1 aliphatic heterocycles. The second-order valence-electron chi connectivity index (χ2n) is 7.10. The zero-order chi connectivity index (χ0) is 20.5. The molecule has 5 nitrogen and oxygen atoms in total. The third-order valence-electron chi connectivity index (χ3n) is 4.95. The monoisotopic (exact) mass is 530 g/mol. The van der Waals surface area contributed by atoms with Crippen molar-refractivity contribution in [2.75, 3.05) is 33.3 Å². The van der Waals surface area contributed by atoms with Gasteiger partial charge in [0.25, 0.3) is 0 Å². The molecule has 2 aromatic carbocycles. The number of hydrogen-bond acceptors (Lipinski definition) is 3. The van der Waals surface area contributed by atoms with Crippen molar-refractivity contribution < 1.29 is 13.5 Å². The van der Waals surface area contributed by atoms with E-state index in [1.165, 1.54) is 17.7 Å². The number of guanidine groups is 1. The summed E-state index contributed by atoms with van der Waals surface area (Å²) in [6.45, 7) is 3.77. The maximum absolute atomic E-state index is 13.6. The van der Waals surface area contributed by atoms with Crippen LogP contribution in [0.1, 0.15) is 18.4 Å². The van der Waals surface area contributed by atoms with Gasteiger partial charge in [-0.15, -0.1) is 24.0 Å². The Hall–Kier alpha value is -1.94. The molecule has 0 bridgehead atoms. The maximum atomic E-state index is 13.6. The second kappa shape index (κ2) is 12.7. The van der Waals surface area contributed by atoms with Crippen LogP contribution in [0.5, 0.6) is 5.75 Å². The number of benzene rings is 2. The number of rotatable bonds is 7. The first-order chi connectivity index (χ1) is 14.1. The molecular formula is C22H29F2IN4O. The van der Waals surface area contributed by atoms with Crippen LogP contribution < -0.4 is 15.4 Å². The highest BCUT2D eigenvalue weighted by molar-refractivity contribution is 14.0. The Balaban J connectivity index is 0.00000320. The molecule has 2 aromatic rings. The van der Waals surface area contributed by atoms with Gasteiger partial charge in [-0.25, -0.2) is 8.78 Å². The van der Waals surface area contributed by atoms with Gasteiger partial charge in [0.15, 0.2) is 17.5 Å². The van der Waals surface area contributed by atoms with Crippen LogP contribution in [0.2, 0.25) is 0 Å². The molecule has 8 heteroatoms. The summed E-state index contributed by atoms with van der Waals surface area (Å²) in [6.07, 6.45) is 2.09. The fourth-order valence-electron chi connectivity index (χ4n) is 3.39. The van der Waals surface area contributed by atoms with Crippen molar-refractivity contribution in [3.8, 4) is 5.75 Å². The number of nitrogens with one attached hydrogen (secondary N) is 2. The topological polar surface area (TPSA) is 48.9 Å². The van der Waals surface area contributed by atoms with Gasteiger partial charge < -0.3 is 15.4 Å². The first-order valence-corrected chi connectivity index (χ1v) is 9.95. The first kappa shape index (κ1) is 24.3. The molecule has 0 saturated carbocycles. The SMILES string of the molecule is CN=C(NCCOc1ccc(F)cc1F)NC1CCN(Cc2ccccc2)CC1.I. The average molecular weight is 530 g/mol. The summed E-state index contributed by atoms with van der Waals surface area (Å²) < 4.78 is 31.8. The molecule has 3 rings (SSSR count). The summed E-state index contributed by atoms with van der Waals surface area (Å²) in [4.78, 5) is 6.71. The van der Waals surface area contributed by atoms with E-state index in [2.05, 4.69) is 44.8 Å². The smallest absolute Gasteiger partial charge is 0.191 e. The zero-order valence-corrected chi connectivity index (χ0v) is 19.4. The predicted octanol–water partition coefficient (Wildman–Crippen LogP) is 3.79. The molecule has 0 unspecified atom stereocenters. The minimum atomic E-state index is -0.699. The lowest BCUT2D eigenvalue weighted by atomic mass is 10.0. The van der Waals surface area contributed by atoms with Crippen LogP contribution >= 0.6 is 24.0 Å². The molecule has 0 aromatic heterocycles. The Labute approximate surface area is 193 Å². The van der Waals surface area contributed by atoms with E-state index in [0.29, 0.717) is 18.5 Å². The third kappa shape index (κ3) is 7.71. The van der Waals surface area contributed by atoms with Crippen LogP contribution in [-0.4, -0.2) is 50.2 Å². The molecule has 0 atom stereocenters. The van der Waals surface area contributed by atoms with Crippen LogP contribution in [0.4, 0.5) is 8.78 Å². The van der Waals surface area contributed by atoms with Crippen molar-refractivity contribution in [1.82, 2.24) is 15.5 Å². The normalized spacial score (nSPS) is 15.4. The van der Waals surface area contributed by atoms with Gasteiger partial charge in [0.2, 0.25) is 0 Å². The number of nitrogens with zero attached hydrogens (tertiary/aromatic N) is 2. The van der Waals surface area contributed by atoms with Crippen molar-refractivity contribution in [3.63, 3.8) is 0 Å². The Morgan fingerprint density at radius 2 is 1.87 bits per heavy atom. The summed E-state index contributed by atoms with van der Waals surface area (Å²) in [7, 11) is 1.72. The molecule has 0 radical (unpaired) electrons. The van der Waals surface area contributed by atoms with Crippen LogP contribution in [0.15, 0.2) is 53.5 Å². The summed E-state index contributed by atoms with van der Waals surface area (Å²) in [5.74, 6) is -0.571. The minimum Gasteiger partial charge on any atom is -0.489 e. The molecule has 1 aliphatic rings. The summed E-state index contributed by atoms with van der Waals surface area (Å²) in [5.41, 5.74) is 1.34. The molecule has 1 fully saturated rings. The fourth-order valence-corrected chi connectivity index (χ4v) is 3.39. The molecule has 164 valence electrons. The van der Waals surface area contributed by atoms with Gasteiger partial charge in [0, 0.05) is 38.8 Å². The van der Waals surface area contributed by atoms with E-state index in [1.807, 2.05) is 6.07 Å². The maximum Gasteiger partial charge on any atom is 0.191 e. The van der Waals surface area contributed by atoms with E-state index >= 15 is 0 Å². The number of piperidine rings is 1. The van der Waals surface area contributed by atoms with Crippen molar-refractivity contribution in [1.29, 1.82) is 0 Å². The first-order valence-electron chi connectivity index (χ1n) is 9.95. The number of likely N-dealkylation sites (tertiary alicyclic amines) is 1. The predicted molar refractivity (Wildman–Crippen MR) is 127 cm³/mol. The quantitative estimate of drug-likeness (QED) is 0.248. The van der Waals surface area contributed by atoms with Gasteiger partial charge in [-0.2, -0.15) is 0 Å². The minimum absolute atomic E-state index is 0. The van der Waals surface area contributed by atoms with Crippen LogP contribution in [0.3, 0.4) is 0 Å². The van der Waals surface area contributed by atoms with Gasteiger partial charge in [0.1, 0.15) is 12.4 Å². The van der Waals surface area contributed by atoms with E-state index in [4.69, 9.17) is 4.74 Å². The van der Waals surface area contributed by atoms with Crippen LogP contribution in [0, 0.1) is 11.6 Å². The molecule has 1 saturated heterocycles. The molecule has 30 heavy (non-hydrogen) atoms. The Morgan fingerprint density at radius 1 is 1.13 bits per heavy atom. The Morgan fingerprint density at radius 3 is 2.53 bits per heavy atom. The van der Waals surface area contributed by atoms with Gasteiger partial charge in [-0.05, 0) is 30.5 Å². The van der Waals surface area contributed by atoms with Crippen molar-refractivity contribution in [2.24, 2.45) is 4.99 Å². The summed E-state index contributed by atoms with van der Waals surface area (Å²) in [6, 6.07) is 14.2. The highest BCUT2D eigenvalue weighted by atomic mass is 127. The third-order valence-corrected chi connectivity index (χ3v) is 4.95. The molecule has 2 N–H and O–H groups in total. The lowest BCUT2D eigenvalue weighted by molar-refractivity contribution is 0.198. The van der Waals surface area contributed by atoms with E-state index in [-0.39, 0.29) is 36.3 Å². The average Bonchev–Trinajstić information content (AvgIpc) is 2.73. The zero-order valence-electron chi connectivity index (χ0n) is 17.1. The van der Waals surface area contributed by atoms with Crippen LogP contribution in [-0.2, 0) is 6.54 Å². The lowest BCUT2D eigenvalue weighted by Crippen LogP contribution is -2.49. The molecule has 1 heterocycles. The van der Waals surface area contributed by atoms with Gasteiger partial charge in [0.05, 0.1) is 6.54 Å². The highest BCUT2D eigenvalue weighted by Crippen LogP contribution is 2.17. The Bertz CT molecular complexity index is 799. The summed E-state index contributed by atoms with van der Waals surface area (Å²) in [5, 5.41) is 6.61. The van der Waals surface area contributed by atoms with E-state index in [0.717, 1.165) is 38.5 Å². The van der Waals surface area contributed by atoms with E-state index in [9.17, 15) is 8.78 Å². The van der Waals surface area contributed by atoms with Gasteiger partial charge in [-0.1, -0.05) is 30.3 Å². The molecular weight excluding hydrogens is 501 g/mol. The van der Waals surface area contributed by atoms with Crippen LogP contribution in [0.25, 0.3) is 0 Å². The number of ether oxygens (including phenoxy) is 1. The summed E-state index contributed by atoms with van der Waals surface area (Å²) >= 11 is 0. The standard InChI is InChI=1S/C22H28F2N4O.HI/c1-25-22(26-11-14-29-21-8-7-18(23)15-20(21)24)27-19-9-12-28(13-10-19)16-17-5-3-2-4-6-17;/h2-8,15,19H,9-14,16H2,1H3,(H2,25,26,27);1H. The number of aliphatic imine (C=N–C) groups is 1. The largest absolute Gasteiger partial charge is 0.489 e. The molecule has 0 aliphatic carbocycles. The van der Waals surface area contributed by atoms with Crippen molar-refractivity contribution >= 4 is 29.9 Å². The van der Waals surface area contributed by atoms with E-state index in [1.54, 1.807) is 7.05 Å². The lowest BCUT2D eigenvalue weighted by Gasteiger charge is -2.33. The fraction of sp³-hybridized carbons (Fsp3) is 0.409. The van der Waals surface area contributed by atoms with Crippen molar-refractivity contribution in [2.45, 2.75) is 25.4 Å². The molecule has 0 spiro atoms. The van der Waals surface area contributed by atoms with Gasteiger partial charge >= 0.3 is 0 Å². The van der Waals surface area contributed by atoms with Crippen molar-refractivity contribution in [3.05, 3.63) is 65.7 Å². The van der Waals surface area contributed by atoms with E-state index < -0.39 is 11.6 Å². The highest BCUT2D eigenvalue weighted by Gasteiger charge is 2.20. The number of hydrogen-bond donors (Lipinski definition) is 2. The Kier molecular flexibility index (Phi) is 10.3.